The van der Waals surface area contributed by atoms with Crippen LogP contribution in [-0.4, -0.2) is 15.1 Å². The number of nitrogens with zero attached hydrogens (tertiary/aromatic N) is 2. The van der Waals surface area contributed by atoms with E-state index in [2.05, 4.69) is 15.1 Å². The first-order chi connectivity index (χ1) is 13.6. The Balaban J connectivity index is 1.15. The molecular weight excluding hydrogens is 353 g/mol. The summed E-state index contributed by atoms with van der Waals surface area (Å²) in [5.41, 5.74) is 2.40. The maximum atomic E-state index is 13.6. The quantitative estimate of drug-likeness (QED) is 0.660. The zero-order valence-corrected chi connectivity index (χ0v) is 16.0. The van der Waals surface area contributed by atoms with Crippen LogP contribution < -0.4 is 0 Å². The van der Waals surface area contributed by atoms with Crippen molar-refractivity contribution in [2.45, 2.75) is 51.4 Å². The molecule has 4 fully saturated rings. The molecule has 7 rings (SSSR count). The molecule has 4 aliphatic carbocycles. The summed E-state index contributed by atoms with van der Waals surface area (Å²) in [5, 5.41) is 5.19. The van der Waals surface area contributed by atoms with Crippen LogP contribution in [0.25, 0.3) is 10.9 Å². The molecule has 0 aliphatic heterocycles. The van der Waals surface area contributed by atoms with Crippen LogP contribution in [0.15, 0.2) is 28.9 Å². The molecule has 28 heavy (non-hydrogen) atoms. The molecule has 0 spiro atoms. The number of rotatable bonds is 5. The fourth-order valence-electron chi connectivity index (χ4n) is 6.78. The van der Waals surface area contributed by atoms with Gasteiger partial charge in [0.2, 0.25) is 5.89 Å². The van der Waals surface area contributed by atoms with Crippen molar-refractivity contribution in [2.75, 3.05) is 0 Å². The fourth-order valence-corrected chi connectivity index (χ4v) is 6.78. The van der Waals surface area contributed by atoms with E-state index in [9.17, 15) is 4.39 Å². The molecule has 145 valence electrons. The van der Waals surface area contributed by atoms with Gasteiger partial charge in [-0.3, -0.25) is 0 Å². The van der Waals surface area contributed by atoms with Gasteiger partial charge in [-0.25, -0.2) is 4.39 Å². The predicted octanol–water partition coefficient (Wildman–Crippen LogP) is 5.24. The summed E-state index contributed by atoms with van der Waals surface area (Å²) >= 11 is 0. The Morgan fingerprint density at radius 2 is 1.89 bits per heavy atom. The molecule has 4 bridgehead atoms. The molecule has 5 heteroatoms. The van der Waals surface area contributed by atoms with Crippen LogP contribution in [0.1, 0.15) is 55.8 Å². The molecule has 1 N–H and O–H groups in total. The zero-order valence-electron chi connectivity index (χ0n) is 16.0. The van der Waals surface area contributed by atoms with E-state index in [-0.39, 0.29) is 5.82 Å². The van der Waals surface area contributed by atoms with Gasteiger partial charge in [-0.1, -0.05) is 5.16 Å². The maximum Gasteiger partial charge on any atom is 0.230 e. The molecule has 1 radical (unpaired) electrons. The monoisotopic (exact) mass is 378 g/mol. The molecule has 2 aromatic heterocycles. The van der Waals surface area contributed by atoms with Crippen molar-refractivity contribution in [1.29, 1.82) is 0 Å². The standard InChI is InChI=1S/C23H25FN3O/c24-18-2-3-20-19(8-18)17(13-25-20)1-4-22-26-21(27-28-22)12-23-9-14-5-15(10-23)7-16(6-14)11-23/h2-4,8,13-16,25H,1,5-7,9-12H2. The highest BCUT2D eigenvalue weighted by Crippen LogP contribution is 2.60. The molecular formula is C23H25FN3O. The Morgan fingerprint density at radius 3 is 2.64 bits per heavy atom. The number of H-pyrrole nitrogens is 1. The number of halogens is 1. The van der Waals surface area contributed by atoms with Gasteiger partial charge >= 0.3 is 0 Å². The molecule has 2 heterocycles. The molecule has 4 aliphatic rings. The van der Waals surface area contributed by atoms with Crippen LogP contribution in [0, 0.1) is 35.4 Å². The van der Waals surface area contributed by atoms with Crippen molar-refractivity contribution >= 4 is 10.9 Å². The molecule has 1 aromatic carbocycles. The summed E-state index contributed by atoms with van der Waals surface area (Å²) in [6, 6.07) is 4.81. The summed E-state index contributed by atoms with van der Waals surface area (Å²) in [5.74, 6) is 4.03. The van der Waals surface area contributed by atoms with Crippen molar-refractivity contribution in [2.24, 2.45) is 23.2 Å². The van der Waals surface area contributed by atoms with Crippen LogP contribution in [0.4, 0.5) is 4.39 Å². The number of aromatic amines is 1. The second-order valence-electron chi connectivity index (χ2n) is 9.56. The third kappa shape index (κ3) is 2.87. The number of hydrogen-bond acceptors (Lipinski definition) is 3. The minimum Gasteiger partial charge on any atom is -0.361 e. The third-order valence-corrected chi connectivity index (χ3v) is 7.41. The van der Waals surface area contributed by atoms with E-state index >= 15 is 0 Å². The minimum atomic E-state index is -0.219. The van der Waals surface area contributed by atoms with E-state index in [1.807, 2.05) is 12.6 Å². The number of aromatic nitrogens is 3. The van der Waals surface area contributed by atoms with Crippen LogP contribution >= 0.6 is 0 Å². The molecule has 0 saturated heterocycles. The van der Waals surface area contributed by atoms with Crippen LogP contribution in [-0.2, 0) is 12.8 Å². The van der Waals surface area contributed by atoms with E-state index in [4.69, 9.17) is 4.52 Å². The topological polar surface area (TPSA) is 54.7 Å². The highest BCUT2D eigenvalue weighted by Gasteiger charge is 2.51. The Labute approximate surface area is 163 Å². The summed E-state index contributed by atoms with van der Waals surface area (Å²) in [7, 11) is 0. The van der Waals surface area contributed by atoms with E-state index in [1.54, 1.807) is 12.1 Å². The first-order valence-corrected chi connectivity index (χ1v) is 10.6. The van der Waals surface area contributed by atoms with E-state index in [0.29, 0.717) is 17.7 Å². The van der Waals surface area contributed by atoms with Crippen LogP contribution in [0.3, 0.4) is 0 Å². The van der Waals surface area contributed by atoms with Crippen molar-refractivity contribution in [3.63, 3.8) is 0 Å². The van der Waals surface area contributed by atoms with Gasteiger partial charge in [0.25, 0.3) is 0 Å². The van der Waals surface area contributed by atoms with Crippen molar-refractivity contribution in [3.8, 4) is 0 Å². The van der Waals surface area contributed by atoms with Gasteiger partial charge in [-0.05, 0) is 91.9 Å². The van der Waals surface area contributed by atoms with Crippen molar-refractivity contribution < 1.29 is 8.91 Å². The van der Waals surface area contributed by atoms with Crippen molar-refractivity contribution in [3.05, 3.63) is 53.9 Å². The number of fused-ring (bicyclic) bond motifs is 1. The van der Waals surface area contributed by atoms with Crippen molar-refractivity contribution in [1.82, 2.24) is 15.1 Å². The van der Waals surface area contributed by atoms with Gasteiger partial charge < -0.3 is 9.51 Å². The fraction of sp³-hybridized carbons (Fsp3) is 0.522. The first kappa shape index (κ1) is 16.8. The molecule has 4 nitrogen and oxygen atoms in total. The largest absolute Gasteiger partial charge is 0.361 e. The Morgan fingerprint density at radius 1 is 1.14 bits per heavy atom. The summed E-state index contributed by atoms with van der Waals surface area (Å²) < 4.78 is 19.1. The lowest BCUT2D eigenvalue weighted by Crippen LogP contribution is -2.47. The molecule has 3 aromatic rings. The lowest BCUT2D eigenvalue weighted by molar-refractivity contribution is -0.0533. The number of hydrogen-bond donors (Lipinski definition) is 1. The third-order valence-electron chi connectivity index (χ3n) is 7.41. The zero-order chi connectivity index (χ0) is 18.7. The highest BCUT2D eigenvalue weighted by atomic mass is 19.1. The summed E-state index contributed by atoms with van der Waals surface area (Å²) in [6.07, 6.45) is 13.9. The molecule has 4 saturated carbocycles. The Bertz CT molecular complexity index is 985. The molecule has 0 unspecified atom stereocenters. The maximum absolute atomic E-state index is 13.6. The molecule has 0 atom stereocenters. The van der Waals surface area contributed by atoms with Gasteiger partial charge in [0.1, 0.15) is 5.82 Å². The normalized spacial score (nSPS) is 31.1. The van der Waals surface area contributed by atoms with Crippen LogP contribution in [0.2, 0.25) is 0 Å². The average molecular weight is 378 g/mol. The van der Waals surface area contributed by atoms with Gasteiger partial charge in [-0.15, -0.1) is 0 Å². The number of nitrogens with one attached hydrogen (secondary N) is 1. The predicted molar refractivity (Wildman–Crippen MR) is 104 cm³/mol. The first-order valence-electron chi connectivity index (χ1n) is 10.6. The van der Waals surface area contributed by atoms with Gasteiger partial charge in [0, 0.05) is 23.5 Å². The SMILES string of the molecule is Fc1ccc2[nH]cc(C[CH]c3nc(CC45CC6CC(CC(C6)C4)C5)no3)c2c1. The van der Waals surface area contributed by atoms with Crippen LogP contribution in [0.5, 0.6) is 0 Å². The van der Waals surface area contributed by atoms with Gasteiger partial charge in [0.15, 0.2) is 5.82 Å². The summed E-state index contributed by atoms with van der Waals surface area (Å²) in [6.45, 7) is 0. The number of benzene rings is 1. The van der Waals surface area contributed by atoms with E-state index in [1.165, 1.54) is 44.6 Å². The minimum absolute atomic E-state index is 0.219. The smallest absolute Gasteiger partial charge is 0.230 e. The second kappa shape index (κ2) is 6.16. The summed E-state index contributed by atoms with van der Waals surface area (Å²) in [4.78, 5) is 7.85. The lowest BCUT2D eigenvalue weighted by atomic mass is 9.49. The average Bonchev–Trinajstić information content (AvgIpc) is 3.24. The Kier molecular flexibility index (Phi) is 3.69. The molecule has 0 amide bonds. The highest BCUT2D eigenvalue weighted by molar-refractivity contribution is 5.83. The lowest BCUT2D eigenvalue weighted by Gasteiger charge is -2.56. The van der Waals surface area contributed by atoms with E-state index in [0.717, 1.165) is 46.5 Å². The van der Waals surface area contributed by atoms with Gasteiger partial charge in [0.05, 0.1) is 6.42 Å². The van der Waals surface area contributed by atoms with Gasteiger partial charge in [-0.2, -0.15) is 4.98 Å². The van der Waals surface area contributed by atoms with E-state index < -0.39 is 0 Å². The Hall–Kier alpha value is -2.17. The second-order valence-corrected chi connectivity index (χ2v) is 9.56.